The molecule has 6 nitrogen and oxygen atoms in total. The topological polar surface area (TPSA) is 79.2 Å². The molecule has 0 aromatic carbocycles. The van der Waals surface area contributed by atoms with Crippen molar-refractivity contribution in [2.75, 3.05) is 13.6 Å². The van der Waals surface area contributed by atoms with E-state index in [1.807, 2.05) is 0 Å². The lowest BCUT2D eigenvalue weighted by molar-refractivity contribution is -0.140. The standard InChI is InChI=1S/C11H18N2O4/c1-7(2)4-5-13(3)10(14)9-6-8(11(15)16)12-17-9/h7,9H,4-6H2,1-3H3,(H,15,16). The number of carboxylic acids is 1. The zero-order valence-electron chi connectivity index (χ0n) is 10.3. The van der Waals surface area contributed by atoms with Crippen molar-refractivity contribution in [2.24, 2.45) is 11.1 Å². The minimum Gasteiger partial charge on any atom is -0.477 e. The summed E-state index contributed by atoms with van der Waals surface area (Å²) in [5, 5.41) is 12.1. The van der Waals surface area contributed by atoms with Gasteiger partial charge in [0.2, 0.25) is 6.10 Å². The van der Waals surface area contributed by atoms with Crippen molar-refractivity contribution in [1.29, 1.82) is 0 Å². The molecule has 1 atom stereocenters. The number of carbonyl (C=O) groups excluding carboxylic acids is 1. The van der Waals surface area contributed by atoms with Gasteiger partial charge in [0.05, 0.1) is 0 Å². The molecule has 17 heavy (non-hydrogen) atoms. The van der Waals surface area contributed by atoms with Crippen molar-refractivity contribution in [3.8, 4) is 0 Å². The fourth-order valence-electron chi connectivity index (χ4n) is 1.44. The van der Waals surface area contributed by atoms with Crippen LogP contribution in [0.25, 0.3) is 0 Å². The van der Waals surface area contributed by atoms with E-state index in [9.17, 15) is 9.59 Å². The Labute approximate surface area is 100 Å². The van der Waals surface area contributed by atoms with Crippen LogP contribution in [-0.2, 0) is 14.4 Å². The summed E-state index contributed by atoms with van der Waals surface area (Å²) in [4.78, 5) is 28.9. The van der Waals surface area contributed by atoms with Gasteiger partial charge in [-0.05, 0) is 12.3 Å². The molecule has 0 aromatic rings. The maximum Gasteiger partial charge on any atom is 0.353 e. The minimum absolute atomic E-state index is 0.0419. The van der Waals surface area contributed by atoms with Crippen LogP contribution in [-0.4, -0.2) is 47.3 Å². The van der Waals surface area contributed by atoms with Crippen LogP contribution in [0.15, 0.2) is 5.16 Å². The summed E-state index contributed by atoms with van der Waals surface area (Å²) in [5.74, 6) is -0.837. The van der Waals surface area contributed by atoms with Crippen LogP contribution < -0.4 is 0 Å². The SMILES string of the molecule is CC(C)CCN(C)C(=O)C1CC(C(=O)O)=NO1. The van der Waals surface area contributed by atoms with E-state index < -0.39 is 12.1 Å². The van der Waals surface area contributed by atoms with Gasteiger partial charge in [-0.25, -0.2) is 4.79 Å². The van der Waals surface area contributed by atoms with Gasteiger partial charge < -0.3 is 14.8 Å². The summed E-state index contributed by atoms with van der Waals surface area (Å²) in [6, 6.07) is 0. The number of hydrogen-bond donors (Lipinski definition) is 1. The lowest BCUT2D eigenvalue weighted by Crippen LogP contribution is -2.37. The Morgan fingerprint density at radius 2 is 2.24 bits per heavy atom. The monoisotopic (exact) mass is 242 g/mol. The van der Waals surface area contributed by atoms with E-state index in [2.05, 4.69) is 19.0 Å². The highest BCUT2D eigenvalue weighted by atomic mass is 16.6. The molecule has 0 saturated heterocycles. The van der Waals surface area contributed by atoms with Gasteiger partial charge >= 0.3 is 5.97 Å². The Balaban J connectivity index is 2.42. The molecule has 0 saturated carbocycles. The number of amides is 1. The third-order valence-corrected chi connectivity index (χ3v) is 2.61. The second-order valence-corrected chi connectivity index (χ2v) is 4.58. The van der Waals surface area contributed by atoms with Crippen LogP contribution in [0, 0.1) is 5.92 Å². The van der Waals surface area contributed by atoms with E-state index in [0.717, 1.165) is 6.42 Å². The fraction of sp³-hybridized carbons (Fsp3) is 0.727. The first kappa shape index (κ1) is 13.5. The molecule has 0 fully saturated rings. The molecule has 96 valence electrons. The number of carboxylic acid groups (broad SMARTS) is 1. The van der Waals surface area contributed by atoms with E-state index in [0.29, 0.717) is 12.5 Å². The van der Waals surface area contributed by atoms with Crippen molar-refractivity contribution in [1.82, 2.24) is 4.90 Å². The quantitative estimate of drug-likeness (QED) is 0.770. The van der Waals surface area contributed by atoms with E-state index in [1.165, 1.54) is 0 Å². The fourth-order valence-corrected chi connectivity index (χ4v) is 1.44. The molecular formula is C11H18N2O4. The molecule has 0 spiro atoms. The zero-order valence-corrected chi connectivity index (χ0v) is 10.3. The smallest absolute Gasteiger partial charge is 0.353 e. The summed E-state index contributed by atoms with van der Waals surface area (Å²) >= 11 is 0. The average molecular weight is 242 g/mol. The molecule has 0 aliphatic carbocycles. The van der Waals surface area contributed by atoms with E-state index in [1.54, 1.807) is 11.9 Å². The first-order valence-electron chi connectivity index (χ1n) is 5.62. The van der Waals surface area contributed by atoms with Crippen LogP contribution in [0.2, 0.25) is 0 Å². The number of hydrogen-bond acceptors (Lipinski definition) is 4. The number of aliphatic carboxylic acids is 1. The molecule has 1 aliphatic rings. The van der Waals surface area contributed by atoms with Gasteiger partial charge in [0.15, 0.2) is 5.71 Å². The van der Waals surface area contributed by atoms with Crippen molar-refractivity contribution >= 4 is 17.6 Å². The van der Waals surface area contributed by atoms with Gasteiger partial charge in [0.1, 0.15) is 0 Å². The lowest BCUT2D eigenvalue weighted by Gasteiger charge is -2.20. The summed E-state index contributed by atoms with van der Waals surface area (Å²) in [7, 11) is 1.69. The number of likely N-dealkylation sites (N-methyl/N-ethyl adjacent to an activating group) is 1. The molecule has 0 aromatic heterocycles. The van der Waals surface area contributed by atoms with Gasteiger partial charge in [-0.15, -0.1) is 0 Å². The highest BCUT2D eigenvalue weighted by Crippen LogP contribution is 2.13. The molecule has 1 heterocycles. The van der Waals surface area contributed by atoms with Gasteiger partial charge in [-0.3, -0.25) is 4.79 Å². The molecule has 0 bridgehead atoms. The van der Waals surface area contributed by atoms with Gasteiger partial charge in [-0.2, -0.15) is 0 Å². The summed E-state index contributed by atoms with van der Waals surface area (Å²) in [5.41, 5.74) is -0.0967. The number of rotatable bonds is 5. The van der Waals surface area contributed by atoms with Gasteiger partial charge in [0.25, 0.3) is 5.91 Å². The van der Waals surface area contributed by atoms with Crippen LogP contribution in [0.5, 0.6) is 0 Å². The third-order valence-electron chi connectivity index (χ3n) is 2.61. The molecule has 6 heteroatoms. The summed E-state index contributed by atoms with van der Waals surface area (Å²) < 4.78 is 0. The Bertz CT molecular complexity index is 338. The Morgan fingerprint density at radius 1 is 1.59 bits per heavy atom. The molecule has 1 amide bonds. The van der Waals surface area contributed by atoms with Crippen LogP contribution in [0.4, 0.5) is 0 Å². The maximum absolute atomic E-state index is 11.9. The number of nitrogens with zero attached hydrogens (tertiary/aromatic N) is 2. The van der Waals surface area contributed by atoms with Crippen molar-refractivity contribution < 1.29 is 19.5 Å². The molecule has 1 unspecified atom stereocenters. The molecule has 0 radical (unpaired) electrons. The van der Waals surface area contributed by atoms with Gasteiger partial charge in [-0.1, -0.05) is 19.0 Å². The summed E-state index contributed by atoms with van der Waals surface area (Å²) in [6.07, 6.45) is 0.167. The molecule has 1 rings (SSSR count). The molecular weight excluding hydrogens is 224 g/mol. The molecule has 1 N–H and O–H groups in total. The predicted octanol–water partition coefficient (Wildman–Crippen LogP) is 0.720. The number of oxime groups is 1. The first-order valence-corrected chi connectivity index (χ1v) is 5.62. The highest BCUT2D eigenvalue weighted by molar-refractivity contribution is 6.36. The average Bonchev–Trinajstić information content (AvgIpc) is 2.73. The van der Waals surface area contributed by atoms with Crippen molar-refractivity contribution in [3.63, 3.8) is 0 Å². The van der Waals surface area contributed by atoms with Crippen molar-refractivity contribution in [3.05, 3.63) is 0 Å². The zero-order chi connectivity index (χ0) is 13.0. The third kappa shape index (κ3) is 3.72. The maximum atomic E-state index is 11.9. The Morgan fingerprint density at radius 3 is 2.71 bits per heavy atom. The normalized spacial score (nSPS) is 18.8. The summed E-state index contributed by atoms with van der Waals surface area (Å²) in [6.45, 7) is 4.80. The Hall–Kier alpha value is -1.59. The van der Waals surface area contributed by atoms with E-state index in [-0.39, 0.29) is 18.0 Å². The highest BCUT2D eigenvalue weighted by Gasteiger charge is 2.33. The Kier molecular flexibility index (Phi) is 4.48. The number of carbonyl (C=O) groups is 2. The van der Waals surface area contributed by atoms with Crippen molar-refractivity contribution in [2.45, 2.75) is 32.8 Å². The van der Waals surface area contributed by atoms with Crippen LogP contribution >= 0.6 is 0 Å². The van der Waals surface area contributed by atoms with Gasteiger partial charge in [0, 0.05) is 20.0 Å². The first-order chi connectivity index (χ1) is 7.91. The minimum atomic E-state index is -1.13. The van der Waals surface area contributed by atoms with Crippen LogP contribution in [0.3, 0.4) is 0 Å². The van der Waals surface area contributed by atoms with E-state index >= 15 is 0 Å². The molecule has 1 aliphatic heterocycles. The second kappa shape index (κ2) is 5.65. The largest absolute Gasteiger partial charge is 0.477 e. The predicted molar refractivity (Wildman–Crippen MR) is 61.7 cm³/mol. The lowest BCUT2D eigenvalue weighted by atomic mass is 10.1. The second-order valence-electron chi connectivity index (χ2n) is 4.58. The van der Waals surface area contributed by atoms with Crippen LogP contribution in [0.1, 0.15) is 26.7 Å². The van der Waals surface area contributed by atoms with E-state index in [4.69, 9.17) is 9.94 Å².